The summed E-state index contributed by atoms with van der Waals surface area (Å²) in [5.74, 6) is 0.0530. The van der Waals surface area contributed by atoms with Crippen LogP contribution >= 0.6 is 11.6 Å². The van der Waals surface area contributed by atoms with Crippen molar-refractivity contribution in [2.24, 2.45) is 0 Å². The van der Waals surface area contributed by atoms with Crippen molar-refractivity contribution in [1.29, 1.82) is 5.41 Å². The molecule has 1 aromatic rings. The van der Waals surface area contributed by atoms with Gasteiger partial charge < -0.3 is 9.72 Å². The van der Waals surface area contributed by atoms with E-state index in [2.05, 4.69) is 9.97 Å². The molecule has 6 heteroatoms. The van der Waals surface area contributed by atoms with Crippen LogP contribution in [-0.4, -0.2) is 27.7 Å². The van der Waals surface area contributed by atoms with Crippen LogP contribution in [0.2, 0.25) is 0 Å². The quantitative estimate of drug-likeness (QED) is 0.641. The molecule has 0 fully saturated rings. The summed E-state index contributed by atoms with van der Waals surface area (Å²) in [5, 5.41) is 7.05. The number of carbonyl (C=O) groups excluding carboxylic acids is 1. The molecule has 0 bridgehead atoms. The highest BCUT2D eigenvalue weighted by Crippen LogP contribution is 2.14. The number of aryl methyl sites for hydroxylation is 1. The minimum Gasteiger partial charge on any atom is -0.461 e. The Kier molecular flexibility index (Phi) is 4.45. The zero-order chi connectivity index (χ0) is 13.0. The topological polar surface area (TPSA) is 78.8 Å². The first-order chi connectivity index (χ1) is 7.95. The molecular weight excluding hydrogens is 242 g/mol. The lowest BCUT2D eigenvalue weighted by Crippen LogP contribution is -2.06. The van der Waals surface area contributed by atoms with E-state index in [9.17, 15) is 4.79 Å². The average Bonchev–Trinajstić information content (AvgIpc) is 2.60. The molecule has 0 atom stereocenters. The molecule has 17 heavy (non-hydrogen) atoms. The number of aromatic amines is 1. The van der Waals surface area contributed by atoms with Crippen LogP contribution < -0.4 is 0 Å². The number of aromatic nitrogens is 2. The van der Waals surface area contributed by atoms with Crippen molar-refractivity contribution in [2.45, 2.75) is 20.8 Å². The number of imidazole rings is 1. The van der Waals surface area contributed by atoms with Crippen molar-refractivity contribution >= 4 is 28.3 Å². The third-order valence-electron chi connectivity index (χ3n) is 2.07. The molecule has 0 aliphatic rings. The number of carbonyl (C=O) groups is 1. The van der Waals surface area contributed by atoms with Crippen LogP contribution in [0, 0.1) is 12.3 Å². The molecule has 1 aromatic heterocycles. The van der Waals surface area contributed by atoms with Gasteiger partial charge in [0.1, 0.15) is 11.0 Å². The Labute approximate surface area is 104 Å². The number of allylic oxidation sites excluding steroid dienone is 2. The number of nitrogens with zero attached hydrogens (tertiary/aromatic N) is 1. The summed E-state index contributed by atoms with van der Waals surface area (Å²) in [4.78, 5) is 18.6. The van der Waals surface area contributed by atoms with Crippen molar-refractivity contribution < 1.29 is 9.53 Å². The molecule has 0 amide bonds. The zero-order valence-corrected chi connectivity index (χ0v) is 10.7. The minimum atomic E-state index is -0.457. The van der Waals surface area contributed by atoms with E-state index in [-0.39, 0.29) is 10.9 Å². The predicted molar refractivity (Wildman–Crippen MR) is 66.5 cm³/mol. The summed E-state index contributed by atoms with van der Waals surface area (Å²) in [6.07, 6.45) is 1.45. The second-order valence-electron chi connectivity index (χ2n) is 3.45. The number of nitrogens with one attached hydrogen (secondary N) is 2. The van der Waals surface area contributed by atoms with Crippen molar-refractivity contribution in [1.82, 2.24) is 9.97 Å². The first-order valence-corrected chi connectivity index (χ1v) is 5.50. The maximum atomic E-state index is 11.5. The summed E-state index contributed by atoms with van der Waals surface area (Å²) in [7, 11) is 0. The highest BCUT2D eigenvalue weighted by molar-refractivity contribution is 6.68. The van der Waals surface area contributed by atoms with E-state index in [1.807, 2.05) is 0 Å². The number of hydrogen-bond donors (Lipinski definition) is 2. The lowest BCUT2D eigenvalue weighted by molar-refractivity contribution is 0.0519. The Bertz CT molecular complexity index is 477. The Morgan fingerprint density at radius 2 is 2.29 bits per heavy atom. The third kappa shape index (κ3) is 3.42. The third-order valence-corrected chi connectivity index (χ3v) is 2.18. The Morgan fingerprint density at radius 3 is 2.82 bits per heavy atom. The first-order valence-electron chi connectivity index (χ1n) is 5.12. The molecule has 1 heterocycles. The van der Waals surface area contributed by atoms with E-state index in [1.165, 1.54) is 6.08 Å². The van der Waals surface area contributed by atoms with Gasteiger partial charge in [-0.2, -0.15) is 0 Å². The number of rotatable bonds is 4. The highest BCUT2D eigenvalue weighted by Gasteiger charge is 2.16. The van der Waals surface area contributed by atoms with Gasteiger partial charge in [-0.1, -0.05) is 11.6 Å². The van der Waals surface area contributed by atoms with E-state index < -0.39 is 5.97 Å². The second kappa shape index (κ2) is 5.63. The fourth-order valence-electron chi connectivity index (χ4n) is 1.30. The molecule has 0 aliphatic carbocycles. The Balaban J connectivity index is 3.03. The number of halogens is 1. The van der Waals surface area contributed by atoms with E-state index in [1.54, 1.807) is 20.8 Å². The molecule has 0 saturated heterocycles. The van der Waals surface area contributed by atoms with E-state index >= 15 is 0 Å². The lowest BCUT2D eigenvalue weighted by atomic mass is 10.3. The van der Waals surface area contributed by atoms with Gasteiger partial charge >= 0.3 is 5.97 Å². The van der Waals surface area contributed by atoms with Crippen LogP contribution in [0.1, 0.15) is 35.9 Å². The fourth-order valence-corrected chi connectivity index (χ4v) is 1.47. The zero-order valence-electron chi connectivity index (χ0n) is 9.93. The molecule has 5 nitrogen and oxygen atoms in total. The van der Waals surface area contributed by atoms with Gasteiger partial charge in [0.2, 0.25) is 0 Å². The van der Waals surface area contributed by atoms with E-state index in [4.69, 9.17) is 21.7 Å². The lowest BCUT2D eigenvalue weighted by Gasteiger charge is -1.97. The molecule has 0 radical (unpaired) electrons. The maximum Gasteiger partial charge on any atom is 0.358 e. The first kappa shape index (κ1) is 13.4. The number of ether oxygens (including phenoxy) is 1. The van der Waals surface area contributed by atoms with Gasteiger partial charge in [-0.3, -0.25) is 5.41 Å². The molecule has 2 N–H and O–H groups in total. The summed E-state index contributed by atoms with van der Waals surface area (Å²) in [6.45, 7) is 5.54. The summed E-state index contributed by atoms with van der Waals surface area (Å²) < 4.78 is 4.87. The van der Waals surface area contributed by atoms with Gasteiger partial charge in [-0.15, -0.1) is 0 Å². The van der Waals surface area contributed by atoms with Crippen molar-refractivity contribution in [3.63, 3.8) is 0 Å². The van der Waals surface area contributed by atoms with E-state index in [0.717, 1.165) is 0 Å². The Morgan fingerprint density at radius 1 is 1.65 bits per heavy atom. The Hall–Kier alpha value is -1.62. The summed E-state index contributed by atoms with van der Waals surface area (Å²) in [6, 6.07) is 0. The largest absolute Gasteiger partial charge is 0.461 e. The smallest absolute Gasteiger partial charge is 0.358 e. The van der Waals surface area contributed by atoms with Crippen LogP contribution in [-0.2, 0) is 4.74 Å². The SMILES string of the molecule is CCOC(=O)c1nc(/C(C)=C\C(=N)Cl)[nH]c1C. The monoisotopic (exact) mass is 255 g/mol. The van der Waals surface area contributed by atoms with Crippen LogP contribution in [0.25, 0.3) is 5.57 Å². The standard InChI is InChI=1S/C11H14ClN3O2/c1-4-17-11(16)9-7(3)14-10(15-9)6(2)5-8(12)13/h5,13H,4H2,1-3H3,(H,14,15)/b6-5-,13-8?. The molecule has 0 spiro atoms. The predicted octanol–water partition coefficient (Wildman–Crippen LogP) is 2.51. The van der Waals surface area contributed by atoms with Crippen LogP contribution in [0.3, 0.4) is 0 Å². The van der Waals surface area contributed by atoms with Crippen LogP contribution in [0.4, 0.5) is 0 Å². The van der Waals surface area contributed by atoms with Crippen molar-refractivity contribution in [2.75, 3.05) is 6.61 Å². The normalized spacial score (nSPS) is 11.4. The molecule has 92 valence electrons. The van der Waals surface area contributed by atoms with Gasteiger partial charge in [0.05, 0.1) is 6.61 Å². The molecule has 1 rings (SSSR count). The van der Waals surface area contributed by atoms with Gasteiger partial charge in [0, 0.05) is 5.69 Å². The van der Waals surface area contributed by atoms with Gasteiger partial charge in [0.25, 0.3) is 0 Å². The number of H-pyrrole nitrogens is 1. The number of esters is 1. The summed E-state index contributed by atoms with van der Waals surface area (Å²) in [5.41, 5.74) is 1.58. The van der Waals surface area contributed by atoms with E-state index in [0.29, 0.717) is 23.7 Å². The molecule has 0 unspecified atom stereocenters. The van der Waals surface area contributed by atoms with Gasteiger partial charge in [0.15, 0.2) is 5.69 Å². The van der Waals surface area contributed by atoms with Crippen LogP contribution in [0.5, 0.6) is 0 Å². The maximum absolute atomic E-state index is 11.5. The number of hydrogen-bond acceptors (Lipinski definition) is 4. The highest BCUT2D eigenvalue weighted by atomic mass is 35.5. The molecule has 0 saturated carbocycles. The average molecular weight is 256 g/mol. The van der Waals surface area contributed by atoms with Gasteiger partial charge in [-0.25, -0.2) is 9.78 Å². The van der Waals surface area contributed by atoms with Gasteiger partial charge in [-0.05, 0) is 32.4 Å². The minimum absolute atomic E-state index is 0.0887. The van der Waals surface area contributed by atoms with Crippen LogP contribution in [0.15, 0.2) is 6.08 Å². The molecular formula is C11H14ClN3O2. The van der Waals surface area contributed by atoms with Crippen molar-refractivity contribution in [3.05, 3.63) is 23.3 Å². The molecule has 0 aliphatic heterocycles. The fraction of sp³-hybridized carbons (Fsp3) is 0.364. The van der Waals surface area contributed by atoms with Crippen molar-refractivity contribution in [3.8, 4) is 0 Å². The molecule has 0 aromatic carbocycles. The summed E-state index contributed by atoms with van der Waals surface area (Å²) >= 11 is 5.46. The second-order valence-corrected chi connectivity index (χ2v) is 3.86.